The summed E-state index contributed by atoms with van der Waals surface area (Å²) in [5.74, 6) is 0.0887. The monoisotopic (exact) mass is 528 g/mol. The van der Waals surface area contributed by atoms with Gasteiger partial charge < -0.3 is 20.7 Å². The summed E-state index contributed by atoms with van der Waals surface area (Å²) in [7, 11) is 1.55. The van der Waals surface area contributed by atoms with E-state index >= 15 is 0 Å². The van der Waals surface area contributed by atoms with Crippen molar-refractivity contribution < 1.29 is 14.5 Å². The molecule has 4 rings (SSSR count). The summed E-state index contributed by atoms with van der Waals surface area (Å²) in [5.41, 5.74) is 1.66. The van der Waals surface area contributed by atoms with Crippen LogP contribution < -0.4 is 20.7 Å². The first kappa shape index (κ1) is 24.5. The van der Waals surface area contributed by atoms with Gasteiger partial charge in [0.15, 0.2) is 5.11 Å². The first-order valence-corrected chi connectivity index (χ1v) is 11.4. The maximum atomic E-state index is 13.7. The highest BCUT2D eigenvalue weighted by Crippen LogP contribution is 2.37. The summed E-state index contributed by atoms with van der Waals surface area (Å²) < 4.78 is 5.23. The number of rotatable bonds is 6. The summed E-state index contributed by atoms with van der Waals surface area (Å²) in [4.78, 5) is 25.0. The first-order valence-electron chi connectivity index (χ1n) is 10.2. The molecule has 0 radical (unpaired) electrons. The van der Waals surface area contributed by atoms with Crippen LogP contribution in [0, 0.1) is 10.1 Å². The number of hydrogen-bond donors (Lipinski definition) is 3. The Morgan fingerprint density at radius 2 is 1.83 bits per heavy atom. The number of anilines is 1. The van der Waals surface area contributed by atoms with E-state index in [4.69, 9.17) is 40.2 Å². The van der Waals surface area contributed by atoms with Gasteiger partial charge in [0.1, 0.15) is 5.75 Å². The van der Waals surface area contributed by atoms with Gasteiger partial charge in [0.25, 0.3) is 11.6 Å². The number of carbonyl (C=O) groups is 1. The number of methoxy groups -OCH3 is 1. The van der Waals surface area contributed by atoms with Crippen molar-refractivity contribution in [3.05, 3.63) is 104 Å². The number of carbonyl (C=O) groups excluding carboxylic acids is 1. The predicted octanol–water partition coefficient (Wildman–Crippen LogP) is 5.48. The molecule has 8 nitrogen and oxygen atoms in total. The Bertz CT molecular complexity index is 1360. The van der Waals surface area contributed by atoms with Crippen molar-refractivity contribution in [1.29, 1.82) is 0 Å². The molecule has 1 heterocycles. The van der Waals surface area contributed by atoms with Crippen LogP contribution in [0.15, 0.2) is 72.3 Å². The van der Waals surface area contributed by atoms with Crippen LogP contribution in [0.4, 0.5) is 11.4 Å². The minimum atomic E-state index is -0.923. The van der Waals surface area contributed by atoms with Crippen LogP contribution in [0.5, 0.6) is 5.75 Å². The van der Waals surface area contributed by atoms with Crippen molar-refractivity contribution in [3.8, 4) is 5.75 Å². The predicted molar refractivity (Wildman–Crippen MR) is 140 cm³/mol. The summed E-state index contributed by atoms with van der Waals surface area (Å²) >= 11 is 17.7. The zero-order valence-corrected chi connectivity index (χ0v) is 20.5. The number of amides is 1. The van der Waals surface area contributed by atoms with Crippen LogP contribution in [0.2, 0.25) is 10.0 Å². The lowest BCUT2D eigenvalue weighted by molar-refractivity contribution is -0.385. The molecule has 3 N–H and O–H groups in total. The van der Waals surface area contributed by atoms with Crippen molar-refractivity contribution in [3.63, 3.8) is 0 Å². The standard InChI is InChI=1S/C24H18Cl2N4O4S/c1-34-15-9-6-13(7-10-15)21-20(23(31)27-18-11-8-14(25)12-17(18)26)22(29-24(35)28-21)16-4-2-3-5-19(16)30(32)33/h2-12,22H,1H3,(H,27,31)(H2,28,29,35). The molecule has 3 aromatic carbocycles. The minimum Gasteiger partial charge on any atom is -0.497 e. The Morgan fingerprint density at radius 1 is 1.11 bits per heavy atom. The fourth-order valence-corrected chi connectivity index (χ4v) is 4.38. The zero-order valence-electron chi connectivity index (χ0n) is 18.2. The quantitative estimate of drug-likeness (QED) is 0.221. The molecule has 1 atom stereocenters. The largest absolute Gasteiger partial charge is 0.497 e. The molecule has 11 heteroatoms. The highest BCUT2D eigenvalue weighted by Gasteiger charge is 2.35. The van der Waals surface area contributed by atoms with Crippen molar-refractivity contribution in [2.45, 2.75) is 6.04 Å². The maximum absolute atomic E-state index is 13.7. The number of hydrogen-bond acceptors (Lipinski definition) is 5. The van der Waals surface area contributed by atoms with Gasteiger partial charge in [-0.05, 0) is 66.3 Å². The Morgan fingerprint density at radius 3 is 2.49 bits per heavy atom. The van der Waals surface area contributed by atoms with E-state index in [1.165, 1.54) is 12.1 Å². The molecule has 3 aromatic rings. The van der Waals surface area contributed by atoms with E-state index in [1.807, 2.05) is 0 Å². The van der Waals surface area contributed by atoms with Crippen LogP contribution in [-0.4, -0.2) is 23.1 Å². The van der Waals surface area contributed by atoms with E-state index in [2.05, 4.69) is 16.0 Å². The van der Waals surface area contributed by atoms with Crippen molar-refractivity contribution in [2.75, 3.05) is 12.4 Å². The molecule has 35 heavy (non-hydrogen) atoms. The Hall–Kier alpha value is -3.66. The van der Waals surface area contributed by atoms with Crippen molar-refractivity contribution in [1.82, 2.24) is 10.6 Å². The van der Waals surface area contributed by atoms with Crippen LogP contribution in [0.1, 0.15) is 17.2 Å². The van der Waals surface area contributed by atoms with Gasteiger partial charge in [-0.15, -0.1) is 0 Å². The Kier molecular flexibility index (Phi) is 7.20. The maximum Gasteiger partial charge on any atom is 0.275 e. The first-order chi connectivity index (χ1) is 16.8. The molecule has 0 bridgehead atoms. The molecule has 178 valence electrons. The van der Waals surface area contributed by atoms with Crippen LogP contribution in [0.3, 0.4) is 0 Å². The van der Waals surface area contributed by atoms with Crippen LogP contribution >= 0.6 is 35.4 Å². The average Bonchev–Trinajstić information content (AvgIpc) is 2.85. The van der Waals surface area contributed by atoms with Crippen molar-refractivity contribution in [2.24, 2.45) is 0 Å². The fourth-order valence-electron chi connectivity index (χ4n) is 3.71. The summed E-state index contributed by atoms with van der Waals surface area (Å²) in [5, 5.41) is 21.5. The molecule has 0 spiro atoms. The molecule has 0 fully saturated rings. The molecule has 1 amide bonds. The molecule has 0 aliphatic carbocycles. The zero-order chi connectivity index (χ0) is 25.1. The number of para-hydroxylation sites is 1. The van der Waals surface area contributed by atoms with Gasteiger partial charge in [-0.1, -0.05) is 35.3 Å². The molecular formula is C24H18Cl2N4O4S. The number of nitro benzene ring substituents is 1. The number of ether oxygens (including phenoxy) is 1. The Balaban J connectivity index is 1.89. The fraction of sp³-hybridized carbons (Fsp3) is 0.0833. The average molecular weight is 529 g/mol. The number of nitrogens with one attached hydrogen (secondary N) is 3. The second kappa shape index (κ2) is 10.3. The number of benzene rings is 3. The van der Waals surface area contributed by atoms with Gasteiger partial charge in [-0.3, -0.25) is 14.9 Å². The number of halogens is 2. The van der Waals surface area contributed by atoms with E-state index in [1.54, 1.807) is 61.7 Å². The van der Waals surface area contributed by atoms with E-state index in [0.29, 0.717) is 27.7 Å². The van der Waals surface area contributed by atoms with Gasteiger partial charge in [-0.25, -0.2) is 0 Å². The lowest BCUT2D eigenvalue weighted by Crippen LogP contribution is -2.46. The molecule has 1 unspecified atom stereocenters. The van der Waals surface area contributed by atoms with Gasteiger partial charge in [-0.2, -0.15) is 0 Å². The van der Waals surface area contributed by atoms with E-state index in [9.17, 15) is 14.9 Å². The summed E-state index contributed by atoms with van der Waals surface area (Å²) in [6.45, 7) is 0. The highest BCUT2D eigenvalue weighted by molar-refractivity contribution is 7.80. The van der Waals surface area contributed by atoms with Gasteiger partial charge >= 0.3 is 0 Å². The van der Waals surface area contributed by atoms with Gasteiger partial charge in [0.2, 0.25) is 0 Å². The van der Waals surface area contributed by atoms with Crippen LogP contribution in [0.25, 0.3) is 5.70 Å². The molecule has 1 aliphatic rings. The Labute approximate surface area is 216 Å². The normalized spacial score (nSPS) is 15.2. The second-order valence-electron chi connectivity index (χ2n) is 7.44. The third-order valence-corrected chi connectivity index (χ3v) is 6.09. The number of nitro groups is 1. The summed E-state index contributed by atoms with van der Waals surface area (Å²) in [6.07, 6.45) is 0. The van der Waals surface area contributed by atoms with E-state index in [0.717, 1.165) is 0 Å². The van der Waals surface area contributed by atoms with Gasteiger partial charge in [0, 0.05) is 11.1 Å². The minimum absolute atomic E-state index is 0.154. The SMILES string of the molecule is COc1ccc(C2=C(C(=O)Nc3ccc(Cl)cc3Cl)C(c3ccccc3[N+](=O)[O-])NC(=S)N2)cc1. The third-order valence-electron chi connectivity index (χ3n) is 5.32. The topological polar surface area (TPSA) is 106 Å². The molecule has 0 saturated carbocycles. The van der Waals surface area contributed by atoms with Gasteiger partial charge in [0.05, 0.1) is 45.6 Å². The number of thiocarbonyl (C=S) groups is 1. The van der Waals surface area contributed by atoms with E-state index in [-0.39, 0.29) is 27.0 Å². The van der Waals surface area contributed by atoms with E-state index < -0.39 is 16.9 Å². The second-order valence-corrected chi connectivity index (χ2v) is 8.69. The summed E-state index contributed by atoms with van der Waals surface area (Å²) in [6, 6.07) is 16.9. The smallest absolute Gasteiger partial charge is 0.275 e. The van der Waals surface area contributed by atoms with Crippen molar-refractivity contribution >= 4 is 63.5 Å². The number of nitrogens with zero attached hydrogens (tertiary/aromatic N) is 1. The third kappa shape index (κ3) is 5.22. The highest BCUT2D eigenvalue weighted by atomic mass is 35.5. The lowest BCUT2D eigenvalue weighted by Gasteiger charge is -2.31. The molecule has 0 aromatic heterocycles. The molecule has 0 saturated heterocycles. The lowest BCUT2D eigenvalue weighted by atomic mass is 9.91. The molecular weight excluding hydrogens is 511 g/mol. The molecule has 1 aliphatic heterocycles. The van der Waals surface area contributed by atoms with Crippen LogP contribution in [-0.2, 0) is 4.79 Å².